The first-order valence-corrected chi connectivity index (χ1v) is 9.27. The van der Waals surface area contributed by atoms with Gasteiger partial charge in [0, 0.05) is 38.0 Å². The molecule has 0 amide bonds. The molecule has 0 aliphatic carbocycles. The molecule has 2 N–H and O–H groups in total. The summed E-state index contributed by atoms with van der Waals surface area (Å²) in [6, 6.07) is 2.56. The molecule has 0 saturated heterocycles. The van der Waals surface area contributed by atoms with Gasteiger partial charge in [-0.3, -0.25) is 4.99 Å². The number of aliphatic imine (C=N–C) groups is 1. The molecular formula is C18H22F3N3O3S. The Morgan fingerprint density at radius 3 is 2.64 bits per heavy atom. The zero-order valence-electron chi connectivity index (χ0n) is 15.7. The van der Waals surface area contributed by atoms with Crippen LogP contribution >= 0.6 is 11.3 Å². The first kappa shape index (κ1) is 22.0. The minimum atomic E-state index is -4.66. The lowest BCUT2D eigenvalue weighted by Gasteiger charge is -2.17. The van der Waals surface area contributed by atoms with Gasteiger partial charge in [-0.2, -0.15) is 13.2 Å². The van der Waals surface area contributed by atoms with Gasteiger partial charge in [0.15, 0.2) is 5.13 Å². The minimum Gasteiger partial charge on any atom is -0.507 e. The quantitative estimate of drug-likeness (QED) is 0.508. The number of anilines is 1. The van der Waals surface area contributed by atoms with Crippen LogP contribution in [0.3, 0.4) is 0 Å². The van der Waals surface area contributed by atoms with Crippen molar-refractivity contribution in [2.75, 3.05) is 32.1 Å². The average Bonchev–Trinajstić information content (AvgIpc) is 3.12. The minimum absolute atomic E-state index is 0.0494. The molecule has 0 aliphatic heterocycles. The Morgan fingerprint density at radius 2 is 2.07 bits per heavy atom. The van der Waals surface area contributed by atoms with Crippen LogP contribution in [0.25, 0.3) is 0 Å². The largest absolute Gasteiger partial charge is 0.507 e. The normalized spacial score (nSPS) is 12.3. The Morgan fingerprint density at radius 1 is 1.36 bits per heavy atom. The van der Waals surface area contributed by atoms with Crippen LogP contribution in [0.2, 0.25) is 0 Å². The lowest BCUT2D eigenvalue weighted by molar-refractivity contribution is -0.0582. The topological polar surface area (TPSA) is 78.2 Å². The number of aromatic hydroxyl groups is 1. The molecular weight excluding hydrogens is 395 g/mol. The Labute approximate surface area is 164 Å². The lowest BCUT2D eigenvalue weighted by Crippen LogP contribution is -2.24. The summed E-state index contributed by atoms with van der Waals surface area (Å²) < 4.78 is 44.7. The molecule has 2 aromatic rings. The summed E-state index contributed by atoms with van der Waals surface area (Å²) >= 11 is 1.40. The molecule has 0 unspecified atom stereocenters. The smallest absolute Gasteiger partial charge is 0.433 e. The fraction of sp³-hybridized carbons (Fsp3) is 0.444. The second-order valence-corrected chi connectivity index (χ2v) is 7.14. The maximum atomic E-state index is 13.0. The van der Waals surface area contributed by atoms with Crippen molar-refractivity contribution in [1.29, 1.82) is 0 Å². The molecule has 10 heteroatoms. The summed E-state index contributed by atoms with van der Waals surface area (Å²) in [6.45, 7) is 2.40. The van der Waals surface area contributed by atoms with E-state index in [1.807, 2.05) is 11.9 Å². The number of aliphatic hydroxyl groups excluding tert-OH is 1. The molecule has 0 aliphatic rings. The number of aromatic nitrogens is 1. The van der Waals surface area contributed by atoms with Crippen molar-refractivity contribution >= 4 is 22.2 Å². The Kier molecular flexibility index (Phi) is 7.25. The number of halogens is 3. The van der Waals surface area contributed by atoms with Crippen molar-refractivity contribution < 1.29 is 28.1 Å². The van der Waals surface area contributed by atoms with Crippen LogP contribution in [0.15, 0.2) is 23.3 Å². The van der Waals surface area contributed by atoms with Crippen molar-refractivity contribution in [3.63, 3.8) is 0 Å². The zero-order valence-corrected chi connectivity index (χ0v) is 16.6. The van der Waals surface area contributed by atoms with E-state index in [4.69, 9.17) is 9.84 Å². The van der Waals surface area contributed by atoms with E-state index in [2.05, 4.69) is 9.98 Å². The Hall–Kier alpha value is -2.33. The Bertz CT molecular complexity index is 837. The Balaban J connectivity index is 1.97. The molecule has 0 spiro atoms. The number of ether oxygens (including phenoxy) is 1. The number of rotatable bonds is 8. The number of nitrogens with zero attached hydrogens (tertiary/aromatic N) is 3. The molecule has 28 heavy (non-hydrogen) atoms. The van der Waals surface area contributed by atoms with Crippen molar-refractivity contribution in [3.05, 3.63) is 34.3 Å². The summed E-state index contributed by atoms with van der Waals surface area (Å²) in [4.78, 5) is 10.2. The van der Waals surface area contributed by atoms with Gasteiger partial charge < -0.3 is 19.8 Å². The van der Waals surface area contributed by atoms with E-state index in [9.17, 15) is 18.3 Å². The molecule has 0 bridgehead atoms. The summed E-state index contributed by atoms with van der Waals surface area (Å²) in [7, 11) is 2.90. The summed E-state index contributed by atoms with van der Waals surface area (Å²) in [5.41, 5.74) is -1.28. The highest BCUT2D eigenvalue weighted by Gasteiger charge is 2.38. The van der Waals surface area contributed by atoms with E-state index in [1.54, 1.807) is 6.20 Å². The van der Waals surface area contributed by atoms with E-state index in [0.717, 1.165) is 23.1 Å². The van der Waals surface area contributed by atoms with Gasteiger partial charge in [0.25, 0.3) is 0 Å². The van der Waals surface area contributed by atoms with E-state index in [1.165, 1.54) is 24.3 Å². The number of hydrogen-bond donors (Lipinski definition) is 2. The molecule has 0 atom stereocenters. The van der Waals surface area contributed by atoms with Crippen LogP contribution < -0.4 is 9.64 Å². The predicted octanol–water partition coefficient (Wildman–Crippen LogP) is 3.54. The van der Waals surface area contributed by atoms with Gasteiger partial charge in [-0.05, 0) is 25.5 Å². The van der Waals surface area contributed by atoms with Gasteiger partial charge in [-0.1, -0.05) is 11.3 Å². The molecule has 1 heterocycles. The highest BCUT2D eigenvalue weighted by molar-refractivity contribution is 7.15. The third-order valence-corrected chi connectivity index (χ3v) is 5.14. The van der Waals surface area contributed by atoms with E-state index >= 15 is 0 Å². The number of phenolic OH excluding ortho intramolecular Hbond substituents is 1. The summed E-state index contributed by atoms with van der Waals surface area (Å²) in [5.74, 6) is -0.176. The van der Waals surface area contributed by atoms with Gasteiger partial charge >= 0.3 is 6.18 Å². The van der Waals surface area contributed by atoms with E-state index in [0.29, 0.717) is 25.3 Å². The van der Waals surface area contributed by atoms with Gasteiger partial charge in [0.05, 0.1) is 18.1 Å². The third kappa shape index (κ3) is 5.14. The number of benzene rings is 1. The van der Waals surface area contributed by atoms with Gasteiger partial charge in [0.2, 0.25) is 0 Å². The fourth-order valence-corrected chi connectivity index (χ4v) is 3.31. The second kappa shape index (κ2) is 9.24. The maximum Gasteiger partial charge on any atom is 0.433 e. The molecule has 0 fully saturated rings. The van der Waals surface area contributed by atoms with Gasteiger partial charge in [-0.25, -0.2) is 4.98 Å². The van der Waals surface area contributed by atoms with Crippen LogP contribution in [0.4, 0.5) is 18.3 Å². The molecule has 1 aromatic carbocycles. The van der Waals surface area contributed by atoms with Crippen LogP contribution in [-0.4, -0.2) is 54.3 Å². The molecule has 2 rings (SSSR count). The molecule has 6 nitrogen and oxygen atoms in total. The van der Waals surface area contributed by atoms with E-state index in [-0.39, 0.29) is 17.7 Å². The van der Waals surface area contributed by atoms with Crippen LogP contribution in [0.5, 0.6) is 11.5 Å². The van der Waals surface area contributed by atoms with Crippen LogP contribution in [0, 0.1) is 6.92 Å². The van der Waals surface area contributed by atoms with Crippen LogP contribution in [-0.2, 0) is 6.61 Å². The second-order valence-electron chi connectivity index (χ2n) is 6.05. The number of phenols is 1. The van der Waals surface area contributed by atoms with E-state index < -0.39 is 17.6 Å². The third-order valence-electron chi connectivity index (χ3n) is 4.05. The first-order chi connectivity index (χ1) is 13.2. The van der Waals surface area contributed by atoms with Crippen LogP contribution in [0.1, 0.15) is 22.4 Å². The predicted molar refractivity (Wildman–Crippen MR) is 103 cm³/mol. The molecule has 0 radical (unpaired) electrons. The highest BCUT2D eigenvalue weighted by Crippen LogP contribution is 2.34. The number of alkyl halides is 3. The molecule has 1 aromatic heterocycles. The van der Waals surface area contributed by atoms with Gasteiger partial charge in [-0.15, -0.1) is 0 Å². The van der Waals surface area contributed by atoms with Gasteiger partial charge in [0.1, 0.15) is 17.2 Å². The maximum absolute atomic E-state index is 13.0. The number of thiazole rings is 1. The first-order valence-electron chi connectivity index (χ1n) is 8.45. The summed E-state index contributed by atoms with van der Waals surface area (Å²) in [5, 5.41) is 20.0. The van der Waals surface area contributed by atoms with Crippen molar-refractivity contribution in [2.45, 2.75) is 26.1 Å². The lowest BCUT2D eigenvalue weighted by atomic mass is 10.0. The fourth-order valence-electron chi connectivity index (χ4n) is 2.56. The SMILES string of the molecule is CN=C(c1ccc(OCCCN(C)c2ncc(CO)s2)c(C)c1O)C(F)(F)F. The van der Waals surface area contributed by atoms with Crippen molar-refractivity contribution in [3.8, 4) is 11.5 Å². The standard InChI is InChI=1S/C18H22F3N3O3S/c1-11-14(6-5-13(15(11)26)16(22-2)18(19,20)21)27-8-4-7-24(3)17-23-9-12(10-25)28-17/h5-6,9,25-26H,4,7-8,10H2,1-3H3. The number of aliphatic hydroxyl groups is 1. The monoisotopic (exact) mass is 417 g/mol. The molecule has 154 valence electrons. The van der Waals surface area contributed by atoms with Crippen molar-refractivity contribution in [2.24, 2.45) is 4.99 Å². The number of hydrogen-bond acceptors (Lipinski definition) is 7. The zero-order chi connectivity index (χ0) is 20.9. The summed E-state index contributed by atoms with van der Waals surface area (Å²) in [6.07, 6.45) is -2.40. The average molecular weight is 417 g/mol. The van der Waals surface area contributed by atoms with Crippen molar-refractivity contribution in [1.82, 2.24) is 4.98 Å². The highest BCUT2D eigenvalue weighted by atomic mass is 32.1. The molecule has 0 saturated carbocycles.